The third-order valence-corrected chi connectivity index (χ3v) is 7.61. The molecule has 5 nitrogen and oxygen atoms in total. The van der Waals surface area contributed by atoms with Gasteiger partial charge in [0, 0.05) is 59.3 Å². The minimum absolute atomic E-state index is 0.00992. The number of nitrogens with one attached hydrogen (secondary N) is 1. The van der Waals surface area contributed by atoms with E-state index in [1.807, 2.05) is 55.3 Å². The number of carbonyl (C=O) groups is 2. The van der Waals surface area contributed by atoms with E-state index in [0.29, 0.717) is 35.7 Å². The third-order valence-electron chi connectivity index (χ3n) is 7.35. The monoisotopic (exact) mass is 525 g/mol. The number of Topliss-reactive ketones (excluding diaryl/α,β-unsaturated/α-hetero) is 1. The molecule has 1 aliphatic heterocycles. The van der Waals surface area contributed by atoms with Crippen molar-refractivity contribution in [3.63, 3.8) is 0 Å². The van der Waals surface area contributed by atoms with Crippen molar-refractivity contribution in [3.8, 4) is 0 Å². The molecule has 1 aliphatic rings. The number of carbonyl (C=O) groups excluding carboxylic acids is 2. The molecule has 1 N–H and O–H groups in total. The molecule has 194 valence electrons. The van der Waals surface area contributed by atoms with E-state index in [0.717, 1.165) is 28.5 Å². The predicted octanol–water partition coefficient (Wildman–Crippen LogP) is 6.54. The summed E-state index contributed by atoms with van der Waals surface area (Å²) in [7, 11) is 0. The molecule has 2 unspecified atom stereocenters. The molecule has 0 radical (unpaired) electrons. The number of pyridine rings is 1. The van der Waals surface area contributed by atoms with Gasteiger partial charge in [0.2, 0.25) is 0 Å². The number of ketones is 1. The first-order valence-electron chi connectivity index (χ1n) is 13.1. The molecule has 1 amide bonds. The predicted molar refractivity (Wildman–Crippen MR) is 153 cm³/mol. The Hall–Kier alpha value is -3.54. The second-order valence-electron chi connectivity index (χ2n) is 10.3. The van der Waals surface area contributed by atoms with Crippen LogP contribution in [0.4, 0.5) is 0 Å². The molecule has 2 heterocycles. The molecule has 6 heteroatoms. The lowest BCUT2D eigenvalue weighted by Crippen LogP contribution is -2.51. The third kappa shape index (κ3) is 5.95. The standard InChI is InChI=1S/C32H32ClN3O2/c1-21-15-22(2)17-25(16-21)32(38)36-14-12-27(18-28(36)19-31(37)23-7-9-26(33)10-8-23)35-20-24-11-13-34-30-6-4-3-5-29(24)30/h3-11,13,15-17,27-28,35H,12,14,18-20H2,1-2H3. The summed E-state index contributed by atoms with van der Waals surface area (Å²) in [5.41, 5.74) is 5.59. The lowest BCUT2D eigenvalue weighted by molar-refractivity contribution is 0.0550. The van der Waals surface area contributed by atoms with Gasteiger partial charge in [-0.05, 0) is 80.8 Å². The number of aryl methyl sites for hydroxylation is 2. The van der Waals surface area contributed by atoms with Crippen LogP contribution < -0.4 is 5.32 Å². The van der Waals surface area contributed by atoms with Gasteiger partial charge in [-0.2, -0.15) is 0 Å². The van der Waals surface area contributed by atoms with Gasteiger partial charge in [0.05, 0.1) is 5.52 Å². The van der Waals surface area contributed by atoms with Crippen molar-refractivity contribution in [1.82, 2.24) is 15.2 Å². The van der Waals surface area contributed by atoms with Crippen molar-refractivity contribution >= 4 is 34.2 Å². The number of rotatable bonds is 7. The van der Waals surface area contributed by atoms with Gasteiger partial charge in [-0.3, -0.25) is 14.6 Å². The fraction of sp³-hybridized carbons (Fsp3) is 0.281. The van der Waals surface area contributed by atoms with E-state index in [9.17, 15) is 9.59 Å². The van der Waals surface area contributed by atoms with Crippen molar-refractivity contribution in [2.75, 3.05) is 6.54 Å². The maximum atomic E-state index is 13.7. The van der Waals surface area contributed by atoms with Gasteiger partial charge < -0.3 is 10.2 Å². The summed E-state index contributed by atoms with van der Waals surface area (Å²) in [6.45, 7) is 5.31. The summed E-state index contributed by atoms with van der Waals surface area (Å²) in [4.78, 5) is 33.3. The maximum Gasteiger partial charge on any atom is 0.254 e. The van der Waals surface area contributed by atoms with Crippen LogP contribution in [0.2, 0.25) is 5.02 Å². The Morgan fingerprint density at radius 1 is 0.974 bits per heavy atom. The van der Waals surface area contributed by atoms with Crippen molar-refractivity contribution in [3.05, 3.63) is 112 Å². The second-order valence-corrected chi connectivity index (χ2v) is 10.7. The molecule has 0 aliphatic carbocycles. The SMILES string of the molecule is Cc1cc(C)cc(C(=O)N2CCC(NCc3ccnc4ccccc34)CC2CC(=O)c2ccc(Cl)cc2)c1. The van der Waals surface area contributed by atoms with E-state index in [1.54, 1.807) is 24.3 Å². The molecule has 1 saturated heterocycles. The number of hydrogen-bond acceptors (Lipinski definition) is 4. The number of benzene rings is 3. The van der Waals surface area contributed by atoms with Gasteiger partial charge in [-0.1, -0.05) is 47.0 Å². The van der Waals surface area contributed by atoms with E-state index in [4.69, 9.17) is 11.6 Å². The summed E-state index contributed by atoms with van der Waals surface area (Å²) in [5.74, 6) is 0.00921. The van der Waals surface area contributed by atoms with Gasteiger partial charge >= 0.3 is 0 Å². The van der Waals surface area contributed by atoms with Gasteiger partial charge in [-0.15, -0.1) is 0 Å². The number of halogens is 1. The molecule has 2 atom stereocenters. The Morgan fingerprint density at radius 3 is 2.47 bits per heavy atom. The Labute approximate surface area is 228 Å². The number of hydrogen-bond donors (Lipinski definition) is 1. The number of piperidine rings is 1. The zero-order chi connectivity index (χ0) is 26.6. The van der Waals surface area contributed by atoms with Crippen LogP contribution in [0.25, 0.3) is 10.9 Å². The molecular weight excluding hydrogens is 494 g/mol. The molecule has 1 aromatic heterocycles. The molecule has 5 rings (SSSR count). The average molecular weight is 526 g/mol. The topological polar surface area (TPSA) is 62.3 Å². The highest BCUT2D eigenvalue weighted by atomic mass is 35.5. The Bertz CT molecular complexity index is 1440. The van der Waals surface area contributed by atoms with Gasteiger partial charge in [-0.25, -0.2) is 0 Å². The first-order chi connectivity index (χ1) is 18.4. The Balaban J connectivity index is 1.35. The number of aromatic nitrogens is 1. The highest BCUT2D eigenvalue weighted by molar-refractivity contribution is 6.30. The van der Waals surface area contributed by atoms with E-state index in [2.05, 4.69) is 28.5 Å². The number of amides is 1. The lowest BCUT2D eigenvalue weighted by atomic mass is 9.90. The van der Waals surface area contributed by atoms with Gasteiger partial charge in [0.25, 0.3) is 5.91 Å². The van der Waals surface area contributed by atoms with E-state index < -0.39 is 0 Å². The van der Waals surface area contributed by atoms with Crippen molar-refractivity contribution < 1.29 is 9.59 Å². The molecule has 0 saturated carbocycles. The fourth-order valence-corrected chi connectivity index (χ4v) is 5.62. The zero-order valence-corrected chi connectivity index (χ0v) is 22.5. The quantitative estimate of drug-likeness (QED) is 0.278. The van der Waals surface area contributed by atoms with Crippen LogP contribution in [-0.4, -0.2) is 40.2 Å². The number of para-hydroxylation sites is 1. The van der Waals surface area contributed by atoms with Crippen LogP contribution in [0.1, 0.15) is 56.7 Å². The summed E-state index contributed by atoms with van der Waals surface area (Å²) in [5, 5.41) is 5.44. The summed E-state index contributed by atoms with van der Waals surface area (Å²) in [6, 6.07) is 23.1. The molecule has 38 heavy (non-hydrogen) atoms. The summed E-state index contributed by atoms with van der Waals surface area (Å²) >= 11 is 6.03. The fourth-order valence-electron chi connectivity index (χ4n) is 5.49. The van der Waals surface area contributed by atoms with Crippen LogP contribution in [0.5, 0.6) is 0 Å². The van der Waals surface area contributed by atoms with Gasteiger partial charge in [0.1, 0.15) is 0 Å². The minimum atomic E-state index is -0.202. The second kappa shape index (κ2) is 11.5. The highest BCUT2D eigenvalue weighted by Crippen LogP contribution is 2.26. The zero-order valence-electron chi connectivity index (χ0n) is 21.8. The van der Waals surface area contributed by atoms with Crippen LogP contribution in [0.15, 0.2) is 79.0 Å². The number of nitrogens with zero attached hydrogens (tertiary/aromatic N) is 2. The van der Waals surface area contributed by atoms with Gasteiger partial charge in [0.15, 0.2) is 5.78 Å². The lowest BCUT2D eigenvalue weighted by Gasteiger charge is -2.40. The number of fused-ring (bicyclic) bond motifs is 1. The van der Waals surface area contributed by atoms with E-state index >= 15 is 0 Å². The smallest absolute Gasteiger partial charge is 0.254 e. The highest BCUT2D eigenvalue weighted by Gasteiger charge is 2.33. The molecule has 4 aromatic rings. The largest absolute Gasteiger partial charge is 0.335 e. The van der Waals surface area contributed by atoms with Crippen LogP contribution >= 0.6 is 11.6 Å². The first kappa shape index (κ1) is 26.1. The molecule has 3 aromatic carbocycles. The molecule has 0 spiro atoms. The molecular formula is C32H32ClN3O2. The summed E-state index contributed by atoms with van der Waals surface area (Å²) < 4.78 is 0. The van der Waals surface area contributed by atoms with E-state index in [-0.39, 0.29) is 30.2 Å². The first-order valence-corrected chi connectivity index (χ1v) is 13.5. The Kier molecular flexibility index (Phi) is 7.87. The van der Waals surface area contributed by atoms with Crippen LogP contribution in [-0.2, 0) is 6.54 Å². The summed E-state index contributed by atoms with van der Waals surface area (Å²) in [6.07, 6.45) is 3.65. The van der Waals surface area contributed by atoms with Crippen molar-refractivity contribution in [2.24, 2.45) is 0 Å². The minimum Gasteiger partial charge on any atom is -0.335 e. The van der Waals surface area contributed by atoms with Crippen LogP contribution in [0, 0.1) is 13.8 Å². The van der Waals surface area contributed by atoms with Crippen molar-refractivity contribution in [2.45, 2.75) is 51.7 Å². The van der Waals surface area contributed by atoms with E-state index in [1.165, 1.54) is 5.56 Å². The maximum absolute atomic E-state index is 13.7. The van der Waals surface area contributed by atoms with Crippen LogP contribution in [0.3, 0.4) is 0 Å². The average Bonchev–Trinajstić information content (AvgIpc) is 2.91. The number of likely N-dealkylation sites (tertiary alicyclic amines) is 1. The van der Waals surface area contributed by atoms with Crippen molar-refractivity contribution in [1.29, 1.82) is 0 Å². The molecule has 1 fully saturated rings. The normalized spacial score (nSPS) is 17.5. The Morgan fingerprint density at radius 2 is 1.71 bits per heavy atom. The molecule has 0 bridgehead atoms.